The van der Waals surface area contributed by atoms with E-state index in [4.69, 9.17) is 5.73 Å². The van der Waals surface area contributed by atoms with Crippen LogP contribution in [0.5, 0.6) is 0 Å². The lowest BCUT2D eigenvalue weighted by Crippen LogP contribution is -2.24. The van der Waals surface area contributed by atoms with Gasteiger partial charge in [-0.15, -0.1) is 0 Å². The number of halogens is 5. The Morgan fingerprint density at radius 3 is 2.35 bits per heavy atom. The minimum Gasteiger partial charge on any atom is -0.391 e. The number of hydrogen-bond acceptors (Lipinski definition) is 3. The zero-order chi connectivity index (χ0) is 15.4. The normalized spacial score (nSPS) is 19.4. The van der Waals surface area contributed by atoms with Gasteiger partial charge in [0.1, 0.15) is 10.7 Å². The number of nitrogens with one attached hydrogen (secondary N) is 1. The van der Waals surface area contributed by atoms with E-state index < -0.39 is 27.3 Å². The van der Waals surface area contributed by atoms with Crippen molar-refractivity contribution in [3.63, 3.8) is 0 Å². The molecule has 2 atom stereocenters. The predicted octanol–water partition coefficient (Wildman–Crippen LogP) is 3.60. The second kappa shape index (κ2) is 3.62. The molecule has 1 aromatic heterocycles. The Morgan fingerprint density at radius 2 is 1.85 bits per heavy atom. The maximum atomic E-state index is 12.7. The Kier molecular flexibility index (Phi) is 2.72. The summed E-state index contributed by atoms with van der Waals surface area (Å²) in [7, 11) is -9.73. The maximum absolute atomic E-state index is 12.7. The first-order valence-corrected chi connectivity index (χ1v) is 7.40. The van der Waals surface area contributed by atoms with Crippen molar-refractivity contribution in [3.05, 3.63) is 24.0 Å². The summed E-state index contributed by atoms with van der Waals surface area (Å²) in [5.41, 5.74) is 5.41. The number of nitrogens with zero attached hydrogens (tertiary/aromatic N) is 1. The third-order valence-electron chi connectivity index (χ3n) is 2.75. The van der Waals surface area contributed by atoms with Gasteiger partial charge >= 0.3 is 10.2 Å². The maximum Gasteiger partial charge on any atom is 0.310 e. The lowest BCUT2D eigenvalue weighted by atomic mass is 10.2. The Bertz CT molecular complexity index is 666. The summed E-state index contributed by atoms with van der Waals surface area (Å²) in [6.45, 7) is 1.37. The van der Waals surface area contributed by atoms with Crippen LogP contribution in [0.15, 0.2) is 23.1 Å². The smallest absolute Gasteiger partial charge is 0.310 e. The molecular formula is C10H12F5N3OS. The number of hydrogen-bond donors (Lipinski definition) is 3. The Labute approximate surface area is 110 Å². The summed E-state index contributed by atoms with van der Waals surface area (Å²) in [5.74, 6) is 0.0225. The highest BCUT2D eigenvalue weighted by Crippen LogP contribution is 3.02. The molecule has 2 aromatic rings. The van der Waals surface area contributed by atoms with Gasteiger partial charge in [0.15, 0.2) is 0 Å². The van der Waals surface area contributed by atoms with Gasteiger partial charge < -0.3 is 15.8 Å². The van der Waals surface area contributed by atoms with Gasteiger partial charge in [0.25, 0.3) is 0 Å². The number of H-pyrrole nitrogens is 1. The van der Waals surface area contributed by atoms with Gasteiger partial charge in [-0.1, -0.05) is 19.4 Å². The van der Waals surface area contributed by atoms with Crippen molar-refractivity contribution in [2.45, 2.75) is 24.0 Å². The topological polar surface area (TPSA) is 74.9 Å². The van der Waals surface area contributed by atoms with Crippen LogP contribution in [0.3, 0.4) is 0 Å². The second-order valence-electron chi connectivity index (χ2n) is 4.54. The van der Waals surface area contributed by atoms with Crippen LogP contribution in [0.4, 0.5) is 19.4 Å². The highest BCUT2D eigenvalue weighted by molar-refractivity contribution is 8.45. The van der Waals surface area contributed by atoms with Crippen LogP contribution < -0.4 is 5.73 Å². The van der Waals surface area contributed by atoms with E-state index in [-0.39, 0.29) is 22.9 Å². The van der Waals surface area contributed by atoms with E-state index in [2.05, 4.69) is 9.97 Å². The minimum atomic E-state index is -9.73. The van der Waals surface area contributed by atoms with Crippen molar-refractivity contribution in [3.8, 4) is 0 Å². The van der Waals surface area contributed by atoms with E-state index in [0.29, 0.717) is 6.07 Å². The highest BCUT2D eigenvalue weighted by atomic mass is 32.5. The number of fused-ring (bicyclic) bond motifs is 1. The third-order valence-corrected chi connectivity index (χ3v) is 3.90. The molecule has 0 fully saturated rings. The molecule has 20 heavy (non-hydrogen) atoms. The molecule has 0 bridgehead atoms. The molecule has 1 aromatic carbocycles. The van der Waals surface area contributed by atoms with Crippen LogP contribution in [-0.4, -0.2) is 21.2 Å². The molecule has 10 heteroatoms. The fourth-order valence-corrected chi connectivity index (χ4v) is 2.30. The van der Waals surface area contributed by atoms with E-state index in [9.17, 15) is 24.5 Å². The van der Waals surface area contributed by atoms with E-state index in [0.717, 1.165) is 6.07 Å². The molecule has 0 spiro atoms. The van der Waals surface area contributed by atoms with E-state index >= 15 is 0 Å². The summed E-state index contributed by atoms with van der Waals surface area (Å²) >= 11 is 0. The summed E-state index contributed by atoms with van der Waals surface area (Å²) in [6, 6.07) is 0.452. The number of rotatable bonds is 3. The summed E-state index contributed by atoms with van der Waals surface area (Å²) in [6.07, 6.45) is -0.995. The average Bonchev–Trinajstić information content (AvgIpc) is 2.66. The van der Waals surface area contributed by atoms with Gasteiger partial charge in [-0.05, 0) is 25.1 Å². The van der Waals surface area contributed by atoms with Crippen LogP contribution in [0.1, 0.15) is 18.8 Å². The number of aromatic amines is 1. The SMILES string of the molecule is CC(O)C(N)c1nc2ccc(S(F)(F)(F)(F)F)cc2[nH]1. The van der Waals surface area contributed by atoms with Crippen molar-refractivity contribution in [1.29, 1.82) is 0 Å². The lowest BCUT2D eigenvalue weighted by molar-refractivity contribution is 0.161. The van der Waals surface area contributed by atoms with Gasteiger partial charge in [-0.3, -0.25) is 0 Å². The molecule has 0 amide bonds. The molecule has 0 aliphatic heterocycles. The molecule has 114 valence electrons. The summed E-state index contributed by atoms with van der Waals surface area (Å²) in [4.78, 5) is 4.27. The molecule has 0 saturated carbocycles. The van der Waals surface area contributed by atoms with Crippen LogP contribution in [0.25, 0.3) is 11.0 Å². The number of nitrogens with two attached hydrogens (primary N) is 1. The highest BCUT2D eigenvalue weighted by Gasteiger charge is 2.65. The van der Waals surface area contributed by atoms with Crippen molar-refractivity contribution in [1.82, 2.24) is 9.97 Å². The van der Waals surface area contributed by atoms with Crippen molar-refractivity contribution in [2.75, 3.05) is 0 Å². The molecule has 0 radical (unpaired) electrons. The van der Waals surface area contributed by atoms with Crippen LogP contribution in [0, 0.1) is 0 Å². The quantitative estimate of drug-likeness (QED) is 0.757. The van der Waals surface area contributed by atoms with Crippen molar-refractivity contribution in [2.24, 2.45) is 5.73 Å². The number of benzene rings is 1. The summed E-state index contributed by atoms with van der Waals surface area (Å²) < 4.78 is 63.4. The number of imidazole rings is 1. The molecule has 0 saturated heterocycles. The monoisotopic (exact) mass is 317 g/mol. The minimum absolute atomic E-state index is 0.0225. The van der Waals surface area contributed by atoms with Crippen LogP contribution in [-0.2, 0) is 0 Å². The largest absolute Gasteiger partial charge is 0.391 e. The number of aliphatic hydroxyl groups excluding tert-OH is 1. The van der Waals surface area contributed by atoms with E-state index in [1.807, 2.05) is 0 Å². The van der Waals surface area contributed by atoms with Crippen LogP contribution in [0.2, 0.25) is 0 Å². The first kappa shape index (κ1) is 15.0. The van der Waals surface area contributed by atoms with Gasteiger partial charge in [-0.2, -0.15) is 0 Å². The number of aliphatic hydroxyl groups is 1. The third kappa shape index (κ3) is 2.86. The molecule has 0 aliphatic rings. The van der Waals surface area contributed by atoms with Crippen LogP contribution >= 0.6 is 10.2 Å². The Balaban J connectivity index is 2.57. The van der Waals surface area contributed by atoms with Gasteiger partial charge in [0.2, 0.25) is 0 Å². The molecule has 1 heterocycles. The summed E-state index contributed by atoms with van der Waals surface area (Å²) in [5, 5.41) is 9.29. The Morgan fingerprint density at radius 1 is 1.25 bits per heavy atom. The zero-order valence-corrected chi connectivity index (χ0v) is 11.0. The van der Waals surface area contributed by atoms with E-state index in [1.165, 1.54) is 6.92 Å². The molecular weight excluding hydrogens is 305 g/mol. The molecule has 4 N–H and O–H groups in total. The molecule has 2 unspecified atom stereocenters. The first-order valence-electron chi connectivity index (χ1n) is 5.45. The Hall–Kier alpha value is -1.39. The molecule has 4 nitrogen and oxygen atoms in total. The first-order chi connectivity index (χ1) is 8.77. The molecule has 2 rings (SSSR count). The van der Waals surface area contributed by atoms with Gasteiger partial charge in [0, 0.05) is 0 Å². The van der Waals surface area contributed by atoms with E-state index in [1.54, 1.807) is 0 Å². The van der Waals surface area contributed by atoms with Crippen molar-refractivity contribution < 1.29 is 24.5 Å². The van der Waals surface area contributed by atoms with Gasteiger partial charge in [0.05, 0.1) is 23.2 Å². The lowest BCUT2D eigenvalue weighted by Gasteiger charge is -2.40. The molecule has 0 aliphatic carbocycles. The fraction of sp³-hybridized carbons (Fsp3) is 0.300. The standard InChI is InChI=1S/C10H12F5N3OS/c1-5(19)9(16)10-17-7-3-2-6(4-8(7)18-10)20(11,12,13,14)15/h2-5,9,19H,16H2,1H3,(H,17,18). The second-order valence-corrected chi connectivity index (χ2v) is 6.95. The van der Waals surface area contributed by atoms with Gasteiger partial charge in [-0.25, -0.2) is 4.98 Å². The predicted molar refractivity (Wildman–Crippen MR) is 66.1 cm³/mol. The number of aromatic nitrogens is 2. The zero-order valence-electron chi connectivity index (χ0n) is 10.2. The average molecular weight is 317 g/mol. The fourth-order valence-electron chi connectivity index (χ4n) is 1.63. The van der Waals surface area contributed by atoms with Crippen molar-refractivity contribution >= 4 is 21.3 Å².